The van der Waals surface area contributed by atoms with Crippen molar-refractivity contribution >= 4 is 11.9 Å². The molecule has 1 aromatic carbocycles. The Bertz CT molecular complexity index is 862. The predicted octanol–water partition coefficient (Wildman–Crippen LogP) is 12.8. The van der Waals surface area contributed by atoms with Crippen LogP contribution < -0.4 is 0 Å². The smallest absolute Gasteiger partial charge is 0.338 e. The maximum absolute atomic E-state index is 12.6. The first-order valence-electron chi connectivity index (χ1n) is 22.4. The van der Waals surface area contributed by atoms with E-state index in [2.05, 4.69) is 37.5 Å². The number of hydrogen-bond donors (Lipinski definition) is 0. The molecule has 0 atom stereocenters. The van der Waals surface area contributed by atoms with Crippen LogP contribution in [0, 0.1) is 0 Å². The van der Waals surface area contributed by atoms with Crippen LogP contribution in [0.3, 0.4) is 0 Å². The zero-order chi connectivity index (χ0) is 37.7. The van der Waals surface area contributed by atoms with Gasteiger partial charge in [-0.3, -0.25) is 0 Å². The molecular weight excluding hydrogens is 645 g/mol. The molecule has 0 heterocycles. The molecule has 0 aliphatic rings. The Morgan fingerprint density at radius 3 is 0.904 bits per heavy atom. The van der Waals surface area contributed by atoms with E-state index in [1.165, 1.54) is 154 Å². The van der Waals surface area contributed by atoms with E-state index >= 15 is 0 Å². The highest BCUT2D eigenvalue weighted by Crippen LogP contribution is 2.14. The number of nitrogens with zero attached hydrogens (tertiary/aromatic N) is 2. The lowest BCUT2D eigenvalue weighted by atomic mass is 10.1. The number of benzene rings is 1. The van der Waals surface area contributed by atoms with E-state index in [0.29, 0.717) is 24.3 Å². The van der Waals surface area contributed by atoms with Gasteiger partial charge in [-0.25, -0.2) is 9.59 Å². The predicted molar refractivity (Wildman–Crippen MR) is 223 cm³/mol. The molecule has 1 aromatic rings. The summed E-state index contributed by atoms with van der Waals surface area (Å²) in [7, 11) is 0. The summed E-state index contributed by atoms with van der Waals surface area (Å²) in [5.41, 5.74) is 0.946. The monoisotopic (exact) mass is 729 g/mol. The second kappa shape index (κ2) is 36.1. The van der Waals surface area contributed by atoms with Crippen LogP contribution in [0.15, 0.2) is 24.3 Å². The van der Waals surface area contributed by atoms with Gasteiger partial charge in [-0.2, -0.15) is 0 Å². The van der Waals surface area contributed by atoms with Gasteiger partial charge < -0.3 is 19.3 Å². The largest absolute Gasteiger partial charge is 0.462 e. The van der Waals surface area contributed by atoms with Gasteiger partial charge in [0.2, 0.25) is 0 Å². The normalized spacial score (nSPS) is 11.5. The van der Waals surface area contributed by atoms with E-state index in [9.17, 15) is 9.59 Å². The molecule has 0 aliphatic carbocycles. The van der Waals surface area contributed by atoms with Gasteiger partial charge in [0.25, 0.3) is 0 Å². The Labute approximate surface area is 322 Å². The van der Waals surface area contributed by atoms with Crippen LogP contribution >= 0.6 is 0 Å². The van der Waals surface area contributed by atoms with E-state index in [1.54, 1.807) is 24.3 Å². The molecule has 1 rings (SSSR count). The van der Waals surface area contributed by atoms with Gasteiger partial charge in [-0.15, -0.1) is 0 Å². The third kappa shape index (κ3) is 27.7. The molecule has 0 aliphatic heterocycles. The highest BCUT2D eigenvalue weighted by molar-refractivity contribution is 5.93. The van der Waals surface area contributed by atoms with E-state index in [-0.39, 0.29) is 11.9 Å². The third-order valence-electron chi connectivity index (χ3n) is 10.6. The Balaban J connectivity index is 2.08. The Kier molecular flexibility index (Phi) is 33.4. The molecule has 0 saturated heterocycles. The van der Waals surface area contributed by atoms with Crippen molar-refractivity contribution in [2.24, 2.45) is 0 Å². The molecule has 302 valence electrons. The van der Waals surface area contributed by atoms with Gasteiger partial charge in [0.1, 0.15) is 0 Å². The second-order valence-corrected chi connectivity index (χ2v) is 15.2. The van der Waals surface area contributed by atoms with Gasteiger partial charge in [-0.05, 0) is 102 Å². The minimum Gasteiger partial charge on any atom is -0.462 e. The first kappa shape index (κ1) is 48.1. The van der Waals surface area contributed by atoms with Crippen molar-refractivity contribution in [3.8, 4) is 0 Å². The zero-order valence-corrected chi connectivity index (χ0v) is 34.9. The fraction of sp³-hybridized carbons (Fsp3) is 0.826. The lowest BCUT2D eigenvalue weighted by Gasteiger charge is -2.20. The lowest BCUT2D eigenvalue weighted by molar-refractivity contribution is 0.0480. The minimum atomic E-state index is -0.332. The number of rotatable bonds is 38. The Hall–Kier alpha value is -1.92. The molecule has 0 spiro atoms. The zero-order valence-electron chi connectivity index (χ0n) is 34.9. The van der Waals surface area contributed by atoms with Crippen LogP contribution in [-0.2, 0) is 9.47 Å². The summed E-state index contributed by atoms with van der Waals surface area (Å²) < 4.78 is 11.0. The summed E-state index contributed by atoms with van der Waals surface area (Å²) in [4.78, 5) is 30.1. The first-order chi connectivity index (χ1) is 25.5. The van der Waals surface area contributed by atoms with Gasteiger partial charge in [0.15, 0.2) is 0 Å². The van der Waals surface area contributed by atoms with E-state index in [1.807, 2.05) is 0 Å². The molecule has 52 heavy (non-hydrogen) atoms. The van der Waals surface area contributed by atoms with E-state index in [0.717, 1.165) is 51.9 Å². The van der Waals surface area contributed by atoms with Gasteiger partial charge >= 0.3 is 11.9 Å². The number of carbonyl (C=O) groups is 2. The third-order valence-corrected chi connectivity index (χ3v) is 10.6. The quantitative estimate of drug-likeness (QED) is 0.0499. The standard InChI is InChI=1S/C46H84N2O4/c1-5-9-11-13-15-17-19-21-23-25-27-37-47(7-3)39-29-31-41-51-45(49)43-33-35-44(36-34-43)46(50)52-42-32-30-40-48(8-4)38-28-26-24-22-20-18-16-14-12-10-6-2/h33-36H,5-32,37-42H2,1-4H3. The van der Waals surface area contributed by atoms with Crippen molar-refractivity contribution in [1.29, 1.82) is 0 Å². The van der Waals surface area contributed by atoms with Crippen LogP contribution in [-0.4, -0.2) is 74.2 Å². The molecule has 6 nitrogen and oxygen atoms in total. The number of esters is 2. The van der Waals surface area contributed by atoms with Crippen LogP contribution in [0.25, 0.3) is 0 Å². The highest BCUT2D eigenvalue weighted by Gasteiger charge is 2.12. The van der Waals surface area contributed by atoms with Crippen molar-refractivity contribution < 1.29 is 19.1 Å². The van der Waals surface area contributed by atoms with E-state index < -0.39 is 0 Å². The minimum absolute atomic E-state index is 0.332. The average molecular weight is 729 g/mol. The fourth-order valence-electron chi connectivity index (χ4n) is 6.97. The molecule has 6 heteroatoms. The molecule has 0 fully saturated rings. The van der Waals surface area contributed by atoms with E-state index in [4.69, 9.17) is 9.47 Å². The Morgan fingerprint density at radius 1 is 0.385 bits per heavy atom. The first-order valence-corrected chi connectivity index (χ1v) is 22.4. The maximum Gasteiger partial charge on any atom is 0.338 e. The fourth-order valence-corrected chi connectivity index (χ4v) is 6.97. The number of ether oxygens (including phenoxy) is 2. The number of unbranched alkanes of at least 4 members (excludes halogenated alkanes) is 22. The van der Waals surface area contributed by atoms with Gasteiger partial charge in [0, 0.05) is 0 Å². The van der Waals surface area contributed by atoms with Crippen molar-refractivity contribution in [2.75, 3.05) is 52.5 Å². The van der Waals surface area contributed by atoms with Crippen LogP contribution in [0.1, 0.15) is 215 Å². The molecule has 0 N–H and O–H groups in total. The average Bonchev–Trinajstić information content (AvgIpc) is 3.16. The molecule has 0 radical (unpaired) electrons. The Morgan fingerprint density at radius 2 is 0.635 bits per heavy atom. The number of hydrogen-bond acceptors (Lipinski definition) is 6. The summed E-state index contributed by atoms with van der Waals surface area (Å²) in [6.07, 6.45) is 34.1. The van der Waals surface area contributed by atoms with Gasteiger partial charge in [-0.1, -0.05) is 156 Å². The highest BCUT2D eigenvalue weighted by atomic mass is 16.5. The van der Waals surface area contributed by atoms with Crippen molar-refractivity contribution in [1.82, 2.24) is 9.80 Å². The molecular formula is C46H84N2O4. The van der Waals surface area contributed by atoms with Crippen LogP contribution in [0.2, 0.25) is 0 Å². The summed E-state index contributed by atoms with van der Waals surface area (Å²) in [5.74, 6) is -0.663. The lowest BCUT2D eigenvalue weighted by Crippen LogP contribution is -2.26. The molecule has 0 saturated carbocycles. The SMILES string of the molecule is CCCCCCCCCCCCCN(CC)CCCCOC(=O)c1ccc(C(=O)OCCCCN(CC)CCCCCCCCCCCCC)cc1. The summed E-state index contributed by atoms with van der Waals surface area (Å²) >= 11 is 0. The van der Waals surface area contributed by atoms with Gasteiger partial charge in [0.05, 0.1) is 24.3 Å². The van der Waals surface area contributed by atoms with Crippen molar-refractivity contribution in [3.63, 3.8) is 0 Å². The molecule has 0 unspecified atom stereocenters. The summed E-state index contributed by atoms with van der Waals surface area (Å²) in [6.45, 7) is 16.5. The van der Waals surface area contributed by atoms with Crippen molar-refractivity contribution in [3.05, 3.63) is 35.4 Å². The summed E-state index contributed by atoms with van der Waals surface area (Å²) in [6, 6.07) is 6.66. The second-order valence-electron chi connectivity index (χ2n) is 15.2. The molecule has 0 amide bonds. The van der Waals surface area contributed by atoms with Crippen LogP contribution in [0.5, 0.6) is 0 Å². The van der Waals surface area contributed by atoms with Crippen LogP contribution in [0.4, 0.5) is 0 Å². The summed E-state index contributed by atoms with van der Waals surface area (Å²) in [5, 5.41) is 0. The topological polar surface area (TPSA) is 59.1 Å². The number of carbonyl (C=O) groups excluding carboxylic acids is 2. The maximum atomic E-state index is 12.6. The van der Waals surface area contributed by atoms with Crippen molar-refractivity contribution in [2.45, 2.75) is 195 Å². The molecule has 0 bridgehead atoms. The molecule has 0 aromatic heterocycles.